The summed E-state index contributed by atoms with van der Waals surface area (Å²) >= 11 is 0. The zero-order chi connectivity index (χ0) is 28.9. The zero-order valence-corrected chi connectivity index (χ0v) is 22.9. The van der Waals surface area contributed by atoms with Crippen LogP contribution in [-0.4, -0.2) is 52.0 Å². The molecule has 14 heteroatoms. The van der Waals surface area contributed by atoms with Crippen molar-refractivity contribution in [2.45, 2.75) is 60.8 Å². The molecule has 0 bridgehead atoms. The van der Waals surface area contributed by atoms with E-state index in [1.54, 1.807) is 0 Å². The number of nitrogens with one attached hydrogen (secondary N) is 1. The van der Waals surface area contributed by atoms with Crippen molar-refractivity contribution in [3.8, 4) is 5.75 Å². The SMILES string of the molecule is O=C(NS(=O)(=O)C1CC1)c1cc(C2CC2)c(OCC2CCN(S(=O)(=O)c3ccc(C(F)(F)F)cc3)CC2)cc1F. The third kappa shape index (κ3) is 6.28. The van der Waals surface area contributed by atoms with Gasteiger partial charge in [0.2, 0.25) is 20.0 Å². The van der Waals surface area contributed by atoms with Gasteiger partial charge in [-0.15, -0.1) is 0 Å². The minimum absolute atomic E-state index is 0.0548. The average molecular weight is 605 g/mol. The van der Waals surface area contributed by atoms with Crippen LogP contribution in [0.4, 0.5) is 17.6 Å². The number of nitrogens with zero attached hydrogens (tertiary/aromatic N) is 1. The maximum absolute atomic E-state index is 14.9. The van der Waals surface area contributed by atoms with Crippen LogP contribution in [-0.2, 0) is 26.2 Å². The molecule has 1 aliphatic heterocycles. The molecule has 0 spiro atoms. The standard InChI is InChI=1S/C26H28F4N2O6S2/c27-23-14-24(21(17-1-2-17)13-22(23)25(33)31-39(34,35)19-7-8-19)38-15-16-9-11-32(12-10-16)40(36,37)20-5-3-18(4-6-20)26(28,29)30/h3-6,13-14,16-17,19H,1-2,7-12,15H2,(H,31,33). The second-order valence-corrected chi connectivity index (χ2v) is 14.4. The summed E-state index contributed by atoms with van der Waals surface area (Å²) in [7, 11) is -7.80. The summed E-state index contributed by atoms with van der Waals surface area (Å²) in [6, 6.07) is 5.82. The molecule has 2 aromatic carbocycles. The van der Waals surface area contributed by atoms with E-state index in [9.17, 15) is 39.2 Å². The molecular weight excluding hydrogens is 576 g/mol. The number of carbonyl (C=O) groups is 1. The number of piperidine rings is 1. The Morgan fingerprint density at radius 1 is 0.950 bits per heavy atom. The Bertz CT molecular complexity index is 1490. The van der Waals surface area contributed by atoms with Crippen LogP contribution in [0.2, 0.25) is 0 Å². The Labute approximate surface area is 229 Å². The Hall–Kier alpha value is -2.71. The van der Waals surface area contributed by atoms with Crippen molar-refractivity contribution in [3.63, 3.8) is 0 Å². The first-order chi connectivity index (χ1) is 18.8. The fraction of sp³-hybridized carbons (Fsp3) is 0.500. The van der Waals surface area contributed by atoms with E-state index in [4.69, 9.17) is 4.74 Å². The van der Waals surface area contributed by atoms with Gasteiger partial charge in [0.1, 0.15) is 11.6 Å². The fourth-order valence-electron chi connectivity index (χ4n) is 4.72. The van der Waals surface area contributed by atoms with E-state index in [0.29, 0.717) is 31.2 Å². The van der Waals surface area contributed by atoms with E-state index < -0.39 is 48.8 Å². The number of sulfonamides is 2. The van der Waals surface area contributed by atoms with Crippen molar-refractivity contribution < 1.29 is 43.9 Å². The van der Waals surface area contributed by atoms with Crippen LogP contribution in [0.15, 0.2) is 41.3 Å². The highest BCUT2D eigenvalue weighted by atomic mass is 32.2. The van der Waals surface area contributed by atoms with Crippen LogP contribution in [0.5, 0.6) is 5.75 Å². The van der Waals surface area contributed by atoms with E-state index >= 15 is 0 Å². The van der Waals surface area contributed by atoms with Crippen molar-refractivity contribution >= 4 is 26.0 Å². The molecule has 1 amide bonds. The predicted molar refractivity (Wildman–Crippen MR) is 136 cm³/mol. The van der Waals surface area contributed by atoms with Crippen molar-refractivity contribution in [3.05, 3.63) is 58.9 Å². The van der Waals surface area contributed by atoms with Gasteiger partial charge >= 0.3 is 6.18 Å². The van der Waals surface area contributed by atoms with Gasteiger partial charge in [-0.25, -0.2) is 25.9 Å². The monoisotopic (exact) mass is 604 g/mol. The normalized spacial score (nSPS) is 19.4. The number of carbonyl (C=O) groups excluding carboxylic acids is 1. The maximum Gasteiger partial charge on any atom is 0.416 e. The number of amides is 1. The molecule has 0 atom stereocenters. The maximum atomic E-state index is 14.9. The van der Waals surface area contributed by atoms with Crippen LogP contribution in [0.25, 0.3) is 0 Å². The van der Waals surface area contributed by atoms with E-state index in [2.05, 4.69) is 0 Å². The minimum atomic E-state index is -4.56. The van der Waals surface area contributed by atoms with Gasteiger partial charge in [0, 0.05) is 19.2 Å². The number of benzene rings is 2. The highest BCUT2D eigenvalue weighted by molar-refractivity contribution is 7.91. The van der Waals surface area contributed by atoms with E-state index in [-0.39, 0.29) is 47.7 Å². The Balaban J connectivity index is 1.20. The van der Waals surface area contributed by atoms with Gasteiger partial charge in [0.15, 0.2) is 0 Å². The molecule has 3 fully saturated rings. The number of alkyl halides is 3. The molecule has 218 valence electrons. The number of hydrogen-bond donors (Lipinski definition) is 1. The largest absolute Gasteiger partial charge is 0.493 e. The number of ether oxygens (including phenoxy) is 1. The lowest BCUT2D eigenvalue weighted by atomic mass is 9.99. The Morgan fingerprint density at radius 3 is 2.12 bits per heavy atom. The Morgan fingerprint density at radius 2 is 1.57 bits per heavy atom. The molecule has 0 unspecified atom stereocenters. The summed E-state index contributed by atoms with van der Waals surface area (Å²) < 4.78 is 112. The predicted octanol–water partition coefficient (Wildman–Crippen LogP) is 4.42. The molecule has 5 rings (SSSR count). The minimum Gasteiger partial charge on any atom is -0.493 e. The summed E-state index contributed by atoms with van der Waals surface area (Å²) in [4.78, 5) is 12.3. The van der Waals surface area contributed by atoms with Gasteiger partial charge < -0.3 is 4.74 Å². The molecule has 40 heavy (non-hydrogen) atoms. The van der Waals surface area contributed by atoms with E-state index in [0.717, 1.165) is 43.2 Å². The second kappa shape index (κ2) is 10.6. The lowest BCUT2D eigenvalue weighted by molar-refractivity contribution is -0.137. The van der Waals surface area contributed by atoms with Crippen molar-refractivity contribution in [2.24, 2.45) is 5.92 Å². The topological polar surface area (TPSA) is 110 Å². The van der Waals surface area contributed by atoms with Crippen LogP contribution in [0, 0.1) is 11.7 Å². The number of rotatable bonds is 9. The molecule has 0 aromatic heterocycles. The lowest BCUT2D eigenvalue weighted by Gasteiger charge is -2.31. The van der Waals surface area contributed by atoms with Crippen LogP contribution >= 0.6 is 0 Å². The first-order valence-corrected chi connectivity index (χ1v) is 15.9. The molecule has 1 heterocycles. The summed E-state index contributed by atoms with van der Waals surface area (Å²) in [6.45, 7) is 0.473. The van der Waals surface area contributed by atoms with Gasteiger partial charge in [0.05, 0.1) is 27.9 Å². The van der Waals surface area contributed by atoms with Gasteiger partial charge in [-0.1, -0.05) is 0 Å². The lowest BCUT2D eigenvalue weighted by Crippen LogP contribution is -2.39. The molecule has 3 aliphatic rings. The van der Waals surface area contributed by atoms with Crippen molar-refractivity contribution in [2.75, 3.05) is 19.7 Å². The highest BCUT2D eigenvalue weighted by Gasteiger charge is 2.38. The summed E-state index contributed by atoms with van der Waals surface area (Å²) in [6.07, 6.45) is -1.13. The molecule has 1 N–H and O–H groups in total. The van der Waals surface area contributed by atoms with E-state index in [1.807, 2.05) is 4.72 Å². The Kier molecular flexibility index (Phi) is 7.64. The molecule has 0 radical (unpaired) electrons. The quantitative estimate of drug-likeness (QED) is 0.425. The van der Waals surface area contributed by atoms with Gasteiger partial charge in [-0.3, -0.25) is 4.79 Å². The van der Waals surface area contributed by atoms with E-state index in [1.165, 1.54) is 10.4 Å². The van der Waals surface area contributed by atoms with Crippen molar-refractivity contribution in [1.82, 2.24) is 9.03 Å². The van der Waals surface area contributed by atoms with Crippen molar-refractivity contribution in [1.29, 1.82) is 0 Å². The smallest absolute Gasteiger partial charge is 0.416 e. The molecule has 2 aromatic rings. The molecule has 1 saturated heterocycles. The summed E-state index contributed by atoms with van der Waals surface area (Å²) in [5.41, 5.74) is -0.667. The first kappa shape index (κ1) is 28.8. The van der Waals surface area contributed by atoms with Crippen LogP contribution in [0.1, 0.15) is 65.9 Å². The molecular formula is C26H28F4N2O6S2. The third-order valence-electron chi connectivity index (χ3n) is 7.43. The summed E-state index contributed by atoms with van der Waals surface area (Å²) in [5.74, 6) is -1.64. The fourth-order valence-corrected chi connectivity index (χ4v) is 7.48. The zero-order valence-electron chi connectivity index (χ0n) is 21.3. The molecule has 2 aliphatic carbocycles. The number of halogens is 4. The van der Waals surface area contributed by atoms with Crippen LogP contribution < -0.4 is 9.46 Å². The molecule has 2 saturated carbocycles. The van der Waals surface area contributed by atoms with Gasteiger partial charge in [-0.05, 0) is 86.3 Å². The second-order valence-electron chi connectivity index (χ2n) is 10.5. The third-order valence-corrected chi connectivity index (χ3v) is 11.2. The van der Waals surface area contributed by atoms with Gasteiger partial charge in [-0.2, -0.15) is 17.5 Å². The molecule has 8 nitrogen and oxygen atoms in total. The van der Waals surface area contributed by atoms with Gasteiger partial charge in [0.25, 0.3) is 5.91 Å². The van der Waals surface area contributed by atoms with Crippen LogP contribution in [0.3, 0.4) is 0 Å². The average Bonchev–Trinajstić information content (AvgIpc) is 3.80. The number of hydrogen-bond acceptors (Lipinski definition) is 6. The highest BCUT2D eigenvalue weighted by Crippen LogP contribution is 2.45. The summed E-state index contributed by atoms with van der Waals surface area (Å²) in [5, 5.41) is -0.624. The first-order valence-electron chi connectivity index (χ1n) is 13.0.